The number of halogens is 2. The summed E-state index contributed by atoms with van der Waals surface area (Å²) in [6, 6.07) is 12.7. The van der Waals surface area contributed by atoms with Gasteiger partial charge in [0.25, 0.3) is 0 Å². The highest BCUT2D eigenvalue weighted by atomic mass is 79.9. The van der Waals surface area contributed by atoms with E-state index in [4.69, 9.17) is 5.11 Å². The highest BCUT2D eigenvalue weighted by Crippen LogP contribution is 2.56. The molecule has 166 valence electrons. The van der Waals surface area contributed by atoms with Crippen LogP contribution in [0.1, 0.15) is 56.1 Å². The van der Waals surface area contributed by atoms with Gasteiger partial charge in [0.1, 0.15) is 0 Å². The summed E-state index contributed by atoms with van der Waals surface area (Å²) in [5.41, 5.74) is 4.59. The molecule has 4 rings (SSSR count). The summed E-state index contributed by atoms with van der Waals surface area (Å²) < 4.78 is 2.05. The average molecular weight is 553 g/mol. The molecule has 31 heavy (non-hydrogen) atoms. The van der Waals surface area contributed by atoms with E-state index in [1.165, 1.54) is 30.4 Å². The second-order valence-corrected chi connectivity index (χ2v) is 10.5. The van der Waals surface area contributed by atoms with Crippen LogP contribution >= 0.6 is 31.9 Å². The van der Waals surface area contributed by atoms with Crippen LogP contribution in [0.3, 0.4) is 0 Å². The Bertz CT molecular complexity index is 917. The highest BCUT2D eigenvalue weighted by molar-refractivity contribution is 9.10. The van der Waals surface area contributed by atoms with Gasteiger partial charge in [-0.25, -0.2) is 0 Å². The second-order valence-electron chi connectivity index (χ2n) is 8.68. The van der Waals surface area contributed by atoms with E-state index < -0.39 is 18.2 Å². The van der Waals surface area contributed by atoms with Gasteiger partial charge in [-0.05, 0) is 66.8 Å². The zero-order chi connectivity index (χ0) is 22.2. The third kappa shape index (κ3) is 4.42. The Morgan fingerprint density at radius 1 is 0.968 bits per heavy atom. The van der Waals surface area contributed by atoms with Crippen LogP contribution in [-0.4, -0.2) is 34.1 Å². The topological polar surface area (TPSA) is 81.0 Å². The first-order valence-electron chi connectivity index (χ1n) is 10.8. The monoisotopic (exact) mass is 551 g/mol. The van der Waals surface area contributed by atoms with Crippen LogP contribution in [-0.2, 0) is 10.2 Å². The van der Waals surface area contributed by atoms with E-state index in [2.05, 4.69) is 61.0 Å². The van der Waals surface area contributed by atoms with E-state index in [1.54, 1.807) is 0 Å². The summed E-state index contributed by atoms with van der Waals surface area (Å²) in [5, 5.41) is 29.1. The summed E-state index contributed by atoms with van der Waals surface area (Å²) in [5.74, 6) is -1.51. The zero-order valence-corrected chi connectivity index (χ0v) is 20.4. The van der Waals surface area contributed by atoms with Crippen LogP contribution in [0.15, 0.2) is 45.3 Å². The fraction of sp³-hybridized carbons (Fsp3) is 0.458. The first-order valence-corrected chi connectivity index (χ1v) is 12.4. The molecule has 2 aromatic carbocycles. The number of carboxylic acid groups (broad SMARTS) is 1. The van der Waals surface area contributed by atoms with Crippen molar-refractivity contribution in [2.75, 3.05) is 11.4 Å². The van der Waals surface area contributed by atoms with Crippen molar-refractivity contribution in [2.45, 2.75) is 56.7 Å². The van der Waals surface area contributed by atoms with E-state index >= 15 is 0 Å². The third-order valence-electron chi connectivity index (χ3n) is 6.80. The van der Waals surface area contributed by atoms with Gasteiger partial charge in [-0.2, -0.15) is 0 Å². The predicted octanol–water partition coefficient (Wildman–Crippen LogP) is 5.71. The Hall–Kier alpha value is -1.41. The number of aliphatic hydroxyl groups excluding tert-OH is 1. The van der Waals surface area contributed by atoms with Gasteiger partial charge in [0.15, 0.2) is 6.29 Å². The van der Waals surface area contributed by atoms with Gasteiger partial charge in [0.05, 0.1) is 0 Å². The van der Waals surface area contributed by atoms with Crippen molar-refractivity contribution in [3.05, 3.63) is 56.5 Å². The number of aliphatic hydroxyl groups is 2. The lowest BCUT2D eigenvalue weighted by Crippen LogP contribution is -2.41. The summed E-state index contributed by atoms with van der Waals surface area (Å²) in [7, 11) is 0. The smallest absolute Gasteiger partial charge is 0.303 e. The molecule has 2 aromatic rings. The number of carboxylic acids is 1. The van der Waals surface area contributed by atoms with E-state index in [0.717, 1.165) is 33.2 Å². The summed E-state index contributed by atoms with van der Waals surface area (Å²) in [6.45, 7) is 0.338. The van der Waals surface area contributed by atoms with Gasteiger partial charge < -0.3 is 20.2 Å². The van der Waals surface area contributed by atoms with Crippen LogP contribution < -0.4 is 4.90 Å². The molecule has 0 bridgehead atoms. The molecule has 1 aliphatic carbocycles. The second kappa shape index (κ2) is 9.22. The Balaban J connectivity index is 1.84. The molecule has 1 heterocycles. The average Bonchev–Trinajstić information content (AvgIpc) is 2.74. The number of rotatable bonds is 6. The molecule has 2 aliphatic rings. The Kier molecular flexibility index (Phi) is 6.77. The normalized spacial score (nSPS) is 18.0. The Labute approximate surface area is 199 Å². The van der Waals surface area contributed by atoms with Gasteiger partial charge in [-0.1, -0.05) is 51.1 Å². The first-order chi connectivity index (χ1) is 14.8. The molecule has 1 unspecified atom stereocenters. The quantitative estimate of drug-likeness (QED) is 0.400. The van der Waals surface area contributed by atoms with Gasteiger partial charge in [-0.3, -0.25) is 4.79 Å². The summed E-state index contributed by atoms with van der Waals surface area (Å²) in [6.07, 6.45) is 4.28. The maximum atomic E-state index is 11.1. The van der Waals surface area contributed by atoms with Crippen molar-refractivity contribution in [3.63, 3.8) is 0 Å². The Morgan fingerprint density at radius 3 is 2.00 bits per heavy atom. The summed E-state index contributed by atoms with van der Waals surface area (Å²) >= 11 is 7.31. The van der Waals surface area contributed by atoms with Gasteiger partial charge in [-0.15, -0.1) is 0 Å². The molecule has 1 saturated carbocycles. The number of hydrogen-bond acceptors (Lipinski definition) is 4. The number of aliphatic carboxylic acids is 1. The van der Waals surface area contributed by atoms with Gasteiger partial charge in [0.2, 0.25) is 0 Å². The van der Waals surface area contributed by atoms with Crippen molar-refractivity contribution in [2.24, 2.45) is 5.92 Å². The number of benzene rings is 2. The largest absolute Gasteiger partial charge is 0.481 e. The number of anilines is 2. The van der Waals surface area contributed by atoms with E-state index in [0.29, 0.717) is 6.54 Å². The van der Waals surface area contributed by atoms with Crippen molar-refractivity contribution >= 4 is 49.2 Å². The molecule has 1 aliphatic heterocycles. The van der Waals surface area contributed by atoms with Crippen LogP contribution in [0, 0.1) is 5.92 Å². The molecular weight excluding hydrogens is 526 g/mol. The van der Waals surface area contributed by atoms with Gasteiger partial charge in [0, 0.05) is 44.6 Å². The van der Waals surface area contributed by atoms with Gasteiger partial charge >= 0.3 is 5.97 Å². The van der Waals surface area contributed by atoms with Crippen LogP contribution in [0.4, 0.5) is 11.4 Å². The molecule has 0 aromatic heterocycles. The number of carbonyl (C=O) groups is 1. The SMILES string of the molecule is O=C(O)CCC(CN1c2ccc(Br)cc2C2(CCCCC2)c2cc(Br)ccc21)C(O)O. The molecule has 3 N–H and O–H groups in total. The lowest BCUT2D eigenvalue weighted by Gasteiger charge is -2.48. The molecule has 1 atom stereocenters. The minimum absolute atomic E-state index is 0.0681. The van der Waals surface area contributed by atoms with E-state index in [-0.39, 0.29) is 18.3 Å². The van der Waals surface area contributed by atoms with E-state index in [1.807, 2.05) is 12.1 Å². The lowest BCUT2D eigenvalue weighted by atomic mass is 9.62. The zero-order valence-electron chi connectivity index (χ0n) is 17.2. The Morgan fingerprint density at radius 2 is 1.52 bits per heavy atom. The molecule has 1 spiro atoms. The lowest BCUT2D eigenvalue weighted by molar-refractivity contribution is -0.138. The van der Waals surface area contributed by atoms with Crippen molar-refractivity contribution in [3.8, 4) is 0 Å². The molecule has 0 saturated heterocycles. The minimum atomic E-state index is -1.58. The predicted molar refractivity (Wildman–Crippen MR) is 128 cm³/mol. The molecule has 1 fully saturated rings. The minimum Gasteiger partial charge on any atom is -0.481 e. The third-order valence-corrected chi connectivity index (χ3v) is 7.79. The van der Waals surface area contributed by atoms with E-state index in [9.17, 15) is 15.0 Å². The molecule has 5 nitrogen and oxygen atoms in total. The molecular formula is C24H27Br2NO4. The maximum Gasteiger partial charge on any atom is 0.303 e. The fourth-order valence-electron chi connectivity index (χ4n) is 5.30. The standard InChI is InChI=1S/C24H27Br2NO4/c25-16-5-7-20-18(12-16)24(10-2-1-3-11-24)19-13-17(26)6-8-21(19)27(20)14-15(23(30)31)4-9-22(28)29/h5-8,12-13,15,23,30-31H,1-4,9-11,14H2,(H,28,29). The number of nitrogens with zero attached hydrogens (tertiary/aromatic N) is 1. The van der Waals surface area contributed by atoms with Crippen molar-refractivity contribution < 1.29 is 20.1 Å². The van der Waals surface area contributed by atoms with Crippen LogP contribution in [0.5, 0.6) is 0 Å². The van der Waals surface area contributed by atoms with Crippen LogP contribution in [0.2, 0.25) is 0 Å². The fourth-order valence-corrected chi connectivity index (χ4v) is 6.02. The van der Waals surface area contributed by atoms with Crippen molar-refractivity contribution in [1.29, 1.82) is 0 Å². The number of fused-ring (bicyclic) bond motifs is 4. The first kappa shape index (κ1) is 22.8. The molecule has 0 radical (unpaired) electrons. The van der Waals surface area contributed by atoms with Crippen LogP contribution in [0.25, 0.3) is 0 Å². The molecule has 7 heteroatoms. The number of hydrogen-bond donors (Lipinski definition) is 3. The van der Waals surface area contributed by atoms with Crippen molar-refractivity contribution in [1.82, 2.24) is 0 Å². The highest BCUT2D eigenvalue weighted by Gasteiger charge is 2.44. The maximum absolute atomic E-state index is 11.1. The molecule has 0 amide bonds. The summed E-state index contributed by atoms with van der Waals surface area (Å²) in [4.78, 5) is 13.3.